The van der Waals surface area contributed by atoms with Gasteiger partial charge >= 0.3 is 0 Å². The summed E-state index contributed by atoms with van der Waals surface area (Å²) < 4.78 is 0. The maximum atomic E-state index is 9.24. The number of nitrogens with zero attached hydrogens (tertiary/aromatic N) is 2. The number of likely N-dealkylation sites (N-methyl/N-ethyl adjacent to an activating group) is 1. The standard InChI is InChI=1S/C8H16N2O4/c1-9-2-4-10(5-3-9)6-7(11,12)8(6,13)14/h6,11-14H,2-5H2,1H3. The van der Waals surface area contributed by atoms with Gasteiger partial charge in [0.05, 0.1) is 0 Å². The van der Waals surface area contributed by atoms with Crippen LogP contribution in [-0.2, 0) is 0 Å². The third kappa shape index (κ3) is 1.27. The van der Waals surface area contributed by atoms with E-state index in [2.05, 4.69) is 4.90 Å². The van der Waals surface area contributed by atoms with Crippen LogP contribution in [0, 0.1) is 0 Å². The van der Waals surface area contributed by atoms with Crippen LogP contribution in [0.1, 0.15) is 0 Å². The van der Waals surface area contributed by atoms with Gasteiger partial charge in [0.1, 0.15) is 6.04 Å². The second-order valence-electron chi connectivity index (χ2n) is 4.19. The molecule has 0 bridgehead atoms. The Bertz CT molecular complexity index is 221. The molecule has 0 amide bonds. The Morgan fingerprint density at radius 3 is 1.71 bits per heavy atom. The fourth-order valence-corrected chi connectivity index (χ4v) is 1.99. The fourth-order valence-electron chi connectivity index (χ4n) is 1.99. The SMILES string of the molecule is CN1CCN(C2C(O)(O)C2(O)O)CC1. The van der Waals surface area contributed by atoms with Gasteiger partial charge in [-0.05, 0) is 7.05 Å². The summed E-state index contributed by atoms with van der Waals surface area (Å²) in [5.74, 6) is -4.74. The number of hydrogen-bond donors (Lipinski definition) is 4. The van der Waals surface area contributed by atoms with Crippen LogP contribution in [0.4, 0.5) is 0 Å². The monoisotopic (exact) mass is 204 g/mol. The Hall–Kier alpha value is -0.240. The van der Waals surface area contributed by atoms with E-state index in [1.807, 2.05) is 7.05 Å². The zero-order valence-electron chi connectivity index (χ0n) is 8.09. The molecule has 1 saturated carbocycles. The largest absolute Gasteiger partial charge is 0.360 e. The third-order valence-electron chi connectivity index (χ3n) is 3.12. The zero-order valence-corrected chi connectivity index (χ0v) is 8.09. The van der Waals surface area contributed by atoms with Crippen LogP contribution in [0.5, 0.6) is 0 Å². The van der Waals surface area contributed by atoms with Crippen molar-refractivity contribution in [2.24, 2.45) is 0 Å². The fraction of sp³-hybridized carbons (Fsp3) is 1.00. The van der Waals surface area contributed by atoms with Gasteiger partial charge in [-0.15, -0.1) is 0 Å². The lowest BCUT2D eigenvalue weighted by Gasteiger charge is -2.32. The van der Waals surface area contributed by atoms with Crippen LogP contribution < -0.4 is 0 Å². The highest BCUT2D eigenvalue weighted by Gasteiger charge is 2.79. The molecule has 4 N–H and O–H groups in total. The van der Waals surface area contributed by atoms with Gasteiger partial charge in [0.15, 0.2) is 0 Å². The predicted molar refractivity (Wildman–Crippen MR) is 47.2 cm³/mol. The molecule has 82 valence electrons. The lowest BCUT2D eigenvalue weighted by atomic mass is 10.3. The van der Waals surface area contributed by atoms with Crippen molar-refractivity contribution in [2.45, 2.75) is 17.6 Å². The maximum Gasteiger partial charge on any atom is 0.242 e. The molecule has 1 aliphatic carbocycles. The molecular formula is C8H16N2O4. The number of aliphatic hydroxyl groups is 4. The van der Waals surface area contributed by atoms with Crippen molar-refractivity contribution in [3.63, 3.8) is 0 Å². The van der Waals surface area contributed by atoms with Crippen molar-refractivity contribution in [3.05, 3.63) is 0 Å². The van der Waals surface area contributed by atoms with Gasteiger partial charge in [-0.2, -0.15) is 0 Å². The van der Waals surface area contributed by atoms with E-state index in [1.165, 1.54) is 0 Å². The summed E-state index contributed by atoms with van der Waals surface area (Å²) >= 11 is 0. The molecule has 1 saturated heterocycles. The molecule has 2 aliphatic rings. The molecule has 2 fully saturated rings. The molecule has 0 aromatic heterocycles. The van der Waals surface area contributed by atoms with Crippen LogP contribution in [0.3, 0.4) is 0 Å². The van der Waals surface area contributed by atoms with Gasteiger partial charge in [0, 0.05) is 26.2 Å². The van der Waals surface area contributed by atoms with E-state index in [4.69, 9.17) is 0 Å². The van der Waals surface area contributed by atoms with Crippen LogP contribution in [-0.4, -0.2) is 81.1 Å². The van der Waals surface area contributed by atoms with Gasteiger partial charge < -0.3 is 25.3 Å². The van der Waals surface area contributed by atoms with E-state index < -0.39 is 17.6 Å². The van der Waals surface area contributed by atoms with Crippen molar-refractivity contribution in [1.82, 2.24) is 9.80 Å². The first-order chi connectivity index (χ1) is 6.37. The molecule has 0 radical (unpaired) electrons. The summed E-state index contributed by atoms with van der Waals surface area (Å²) in [7, 11) is 1.97. The van der Waals surface area contributed by atoms with Crippen molar-refractivity contribution in [3.8, 4) is 0 Å². The average molecular weight is 204 g/mol. The lowest BCUT2D eigenvalue weighted by Crippen LogP contribution is -2.48. The Balaban J connectivity index is 1.99. The highest BCUT2D eigenvalue weighted by molar-refractivity contribution is 5.19. The van der Waals surface area contributed by atoms with Gasteiger partial charge in [0.2, 0.25) is 11.6 Å². The van der Waals surface area contributed by atoms with Gasteiger partial charge in [-0.1, -0.05) is 0 Å². The molecule has 0 aromatic carbocycles. The van der Waals surface area contributed by atoms with Crippen LogP contribution >= 0.6 is 0 Å². The maximum absolute atomic E-state index is 9.24. The van der Waals surface area contributed by atoms with E-state index in [9.17, 15) is 20.4 Å². The summed E-state index contributed by atoms with van der Waals surface area (Å²) in [6.45, 7) is 2.82. The Morgan fingerprint density at radius 2 is 1.36 bits per heavy atom. The topological polar surface area (TPSA) is 87.4 Å². The zero-order chi connectivity index (χ0) is 10.6. The third-order valence-corrected chi connectivity index (χ3v) is 3.12. The van der Waals surface area contributed by atoms with E-state index >= 15 is 0 Å². The molecule has 0 unspecified atom stereocenters. The van der Waals surface area contributed by atoms with Crippen LogP contribution in [0.2, 0.25) is 0 Å². The van der Waals surface area contributed by atoms with Gasteiger partial charge in [0.25, 0.3) is 0 Å². The molecule has 1 aliphatic heterocycles. The molecule has 0 aromatic rings. The van der Waals surface area contributed by atoms with Gasteiger partial charge in [-0.3, -0.25) is 4.90 Å². The second kappa shape index (κ2) is 2.88. The second-order valence-corrected chi connectivity index (χ2v) is 4.19. The first kappa shape index (κ1) is 10.3. The smallest absolute Gasteiger partial charge is 0.242 e. The molecule has 2 rings (SSSR count). The molecule has 14 heavy (non-hydrogen) atoms. The van der Waals surface area contributed by atoms with E-state index in [1.54, 1.807) is 4.90 Å². The molecule has 6 heteroatoms. The molecule has 1 heterocycles. The summed E-state index contributed by atoms with van der Waals surface area (Å²) in [6.07, 6.45) is 0. The number of rotatable bonds is 1. The van der Waals surface area contributed by atoms with Crippen molar-refractivity contribution in [1.29, 1.82) is 0 Å². The molecule has 0 atom stereocenters. The normalized spacial score (nSPS) is 33.2. The minimum atomic E-state index is -2.37. The summed E-state index contributed by atoms with van der Waals surface area (Å²) in [5.41, 5.74) is 0. The highest BCUT2D eigenvalue weighted by atomic mass is 16.6. The summed E-state index contributed by atoms with van der Waals surface area (Å²) in [6, 6.07) is -0.969. The first-order valence-electron chi connectivity index (χ1n) is 4.69. The van der Waals surface area contributed by atoms with Crippen LogP contribution in [0.15, 0.2) is 0 Å². The highest BCUT2D eigenvalue weighted by Crippen LogP contribution is 2.47. The van der Waals surface area contributed by atoms with Crippen molar-refractivity contribution < 1.29 is 20.4 Å². The average Bonchev–Trinajstić information content (AvgIpc) is 2.46. The Morgan fingerprint density at radius 1 is 0.929 bits per heavy atom. The minimum Gasteiger partial charge on any atom is -0.360 e. The molecular weight excluding hydrogens is 188 g/mol. The van der Waals surface area contributed by atoms with Crippen molar-refractivity contribution >= 4 is 0 Å². The number of piperazine rings is 1. The van der Waals surface area contributed by atoms with Gasteiger partial charge in [-0.25, -0.2) is 0 Å². The quantitative estimate of drug-likeness (QED) is 0.340. The Labute approximate surface area is 82.0 Å². The Kier molecular flexibility index (Phi) is 2.11. The molecule has 6 nitrogen and oxygen atoms in total. The predicted octanol–water partition coefficient (Wildman–Crippen LogP) is -3.02. The minimum absolute atomic E-state index is 0.618. The first-order valence-corrected chi connectivity index (χ1v) is 4.69. The lowest BCUT2D eigenvalue weighted by molar-refractivity contribution is -0.207. The number of hydrogen-bond acceptors (Lipinski definition) is 6. The van der Waals surface area contributed by atoms with E-state index in [0.29, 0.717) is 13.1 Å². The summed E-state index contributed by atoms with van der Waals surface area (Å²) in [4.78, 5) is 3.80. The van der Waals surface area contributed by atoms with E-state index in [-0.39, 0.29) is 0 Å². The van der Waals surface area contributed by atoms with Crippen LogP contribution in [0.25, 0.3) is 0 Å². The van der Waals surface area contributed by atoms with Crippen molar-refractivity contribution in [2.75, 3.05) is 33.2 Å². The summed E-state index contributed by atoms with van der Waals surface area (Å²) in [5, 5.41) is 37.0. The molecule has 0 spiro atoms. The van der Waals surface area contributed by atoms with E-state index in [0.717, 1.165) is 13.1 Å².